The van der Waals surface area contributed by atoms with Crippen LogP contribution in [0.15, 0.2) is 18.2 Å². The molecule has 0 aromatic heterocycles. The Bertz CT molecular complexity index is 505. The SMILES string of the molecule is COc1ccc([N+](=O)[O-])c(NC2CC3CCC2O3)c1. The van der Waals surface area contributed by atoms with Gasteiger partial charge in [-0.25, -0.2) is 0 Å². The molecular formula is C13H16N2O4. The van der Waals surface area contributed by atoms with E-state index in [2.05, 4.69) is 5.32 Å². The maximum Gasteiger partial charge on any atom is 0.292 e. The van der Waals surface area contributed by atoms with Gasteiger partial charge >= 0.3 is 0 Å². The van der Waals surface area contributed by atoms with Gasteiger partial charge in [0.1, 0.15) is 11.4 Å². The second-order valence-corrected chi connectivity index (χ2v) is 5.00. The van der Waals surface area contributed by atoms with Crippen LogP contribution in [-0.4, -0.2) is 30.3 Å². The summed E-state index contributed by atoms with van der Waals surface area (Å²) in [7, 11) is 1.55. The van der Waals surface area contributed by atoms with E-state index in [1.807, 2.05) is 0 Å². The number of fused-ring (bicyclic) bond motifs is 2. The second-order valence-electron chi connectivity index (χ2n) is 5.00. The average molecular weight is 264 g/mol. The molecule has 1 N–H and O–H groups in total. The van der Waals surface area contributed by atoms with Crippen molar-refractivity contribution < 1.29 is 14.4 Å². The van der Waals surface area contributed by atoms with E-state index in [4.69, 9.17) is 9.47 Å². The first-order chi connectivity index (χ1) is 9.17. The third-order valence-electron chi connectivity index (χ3n) is 3.85. The molecule has 6 nitrogen and oxygen atoms in total. The quantitative estimate of drug-likeness (QED) is 0.667. The molecule has 19 heavy (non-hydrogen) atoms. The minimum atomic E-state index is -0.379. The highest BCUT2D eigenvalue weighted by Gasteiger charge is 2.41. The zero-order chi connectivity index (χ0) is 13.4. The van der Waals surface area contributed by atoms with Crippen LogP contribution in [-0.2, 0) is 4.74 Å². The lowest BCUT2D eigenvalue weighted by atomic mass is 9.95. The molecule has 2 saturated heterocycles. The number of nitro groups is 1. The van der Waals surface area contributed by atoms with Crippen LogP contribution in [0.4, 0.5) is 11.4 Å². The molecule has 2 heterocycles. The second kappa shape index (κ2) is 4.70. The zero-order valence-electron chi connectivity index (χ0n) is 10.7. The first-order valence-electron chi connectivity index (χ1n) is 6.42. The predicted octanol–water partition coefficient (Wildman–Crippen LogP) is 2.34. The van der Waals surface area contributed by atoms with Crippen molar-refractivity contribution in [2.24, 2.45) is 0 Å². The lowest BCUT2D eigenvalue weighted by Gasteiger charge is -2.21. The van der Waals surface area contributed by atoms with Crippen molar-refractivity contribution in [3.05, 3.63) is 28.3 Å². The molecule has 1 aromatic rings. The number of nitrogens with zero attached hydrogens (tertiary/aromatic N) is 1. The normalized spacial score (nSPS) is 28.4. The van der Waals surface area contributed by atoms with E-state index in [0.717, 1.165) is 19.3 Å². The monoisotopic (exact) mass is 264 g/mol. The van der Waals surface area contributed by atoms with E-state index in [0.29, 0.717) is 17.5 Å². The van der Waals surface area contributed by atoms with Crippen molar-refractivity contribution in [2.75, 3.05) is 12.4 Å². The molecule has 3 atom stereocenters. The highest BCUT2D eigenvalue weighted by Crippen LogP contribution is 2.38. The molecule has 1 aromatic carbocycles. The summed E-state index contributed by atoms with van der Waals surface area (Å²) in [6, 6.07) is 4.89. The summed E-state index contributed by atoms with van der Waals surface area (Å²) < 4.78 is 10.9. The van der Waals surface area contributed by atoms with E-state index in [-0.39, 0.29) is 22.8 Å². The summed E-state index contributed by atoms with van der Waals surface area (Å²) in [6.07, 6.45) is 3.53. The Kier molecular flexibility index (Phi) is 3.02. The molecule has 2 aliphatic heterocycles. The van der Waals surface area contributed by atoms with Crippen LogP contribution in [0.1, 0.15) is 19.3 Å². The zero-order valence-corrected chi connectivity index (χ0v) is 10.7. The van der Waals surface area contributed by atoms with Crippen LogP contribution < -0.4 is 10.1 Å². The van der Waals surface area contributed by atoms with Crippen LogP contribution in [0.3, 0.4) is 0 Å². The molecule has 102 valence electrons. The standard InChI is InChI=1S/C13H16N2O4/c1-18-8-2-4-12(15(16)17)10(6-8)14-11-7-9-3-5-13(11)19-9/h2,4,6,9,11,13-14H,3,5,7H2,1H3. The Balaban J connectivity index is 1.84. The maximum atomic E-state index is 11.0. The van der Waals surface area contributed by atoms with Crippen LogP contribution in [0.5, 0.6) is 5.75 Å². The summed E-state index contributed by atoms with van der Waals surface area (Å²) >= 11 is 0. The highest BCUT2D eigenvalue weighted by atomic mass is 16.6. The number of rotatable bonds is 4. The molecule has 0 aliphatic carbocycles. The number of nitro benzene ring substituents is 1. The smallest absolute Gasteiger partial charge is 0.292 e. The fourth-order valence-electron chi connectivity index (χ4n) is 2.91. The predicted molar refractivity (Wildman–Crippen MR) is 69.6 cm³/mol. The maximum absolute atomic E-state index is 11.0. The van der Waals surface area contributed by atoms with Gasteiger partial charge in [0.25, 0.3) is 5.69 Å². The van der Waals surface area contributed by atoms with Crippen molar-refractivity contribution >= 4 is 11.4 Å². The Morgan fingerprint density at radius 2 is 2.32 bits per heavy atom. The third kappa shape index (κ3) is 2.23. The topological polar surface area (TPSA) is 73.6 Å². The molecule has 0 spiro atoms. The Morgan fingerprint density at radius 3 is 2.89 bits per heavy atom. The van der Waals surface area contributed by atoms with Crippen molar-refractivity contribution in [3.63, 3.8) is 0 Å². The lowest BCUT2D eigenvalue weighted by Crippen LogP contribution is -2.30. The largest absolute Gasteiger partial charge is 0.497 e. The van der Waals surface area contributed by atoms with Crippen LogP contribution in [0.25, 0.3) is 0 Å². The van der Waals surface area contributed by atoms with E-state index in [1.54, 1.807) is 19.2 Å². The van der Waals surface area contributed by atoms with Gasteiger partial charge in [-0.2, -0.15) is 0 Å². The van der Waals surface area contributed by atoms with Gasteiger partial charge in [-0.05, 0) is 25.3 Å². The molecule has 2 aliphatic rings. The number of nitrogens with one attached hydrogen (secondary N) is 1. The average Bonchev–Trinajstić information content (AvgIpc) is 3.00. The highest BCUT2D eigenvalue weighted by molar-refractivity contribution is 5.64. The molecule has 2 bridgehead atoms. The molecule has 3 unspecified atom stereocenters. The summed E-state index contributed by atoms with van der Waals surface area (Å²) in [6.45, 7) is 0. The Morgan fingerprint density at radius 1 is 1.47 bits per heavy atom. The molecule has 0 radical (unpaired) electrons. The molecule has 2 fully saturated rings. The van der Waals surface area contributed by atoms with Crippen molar-refractivity contribution in [1.29, 1.82) is 0 Å². The van der Waals surface area contributed by atoms with Crippen LogP contribution >= 0.6 is 0 Å². The van der Waals surface area contributed by atoms with E-state index < -0.39 is 0 Å². The fourth-order valence-corrected chi connectivity index (χ4v) is 2.91. The fraction of sp³-hybridized carbons (Fsp3) is 0.538. The summed E-state index contributed by atoms with van der Waals surface area (Å²) in [5.41, 5.74) is 0.578. The van der Waals surface area contributed by atoms with Crippen molar-refractivity contribution in [1.82, 2.24) is 0 Å². The number of anilines is 1. The number of benzene rings is 1. The molecular weight excluding hydrogens is 248 g/mol. The van der Waals surface area contributed by atoms with Gasteiger partial charge in [0.05, 0.1) is 30.3 Å². The molecule has 6 heteroatoms. The van der Waals surface area contributed by atoms with Crippen molar-refractivity contribution in [3.8, 4) is 5.75 Å². The molecule has 0 amide bonds. The number of methoxy groups -OCH3 is 1. The van der Waals surface area contributed by atoms with E-state index >= 15 is 0 Å². The number of hydrogen-bond donors (Lipinski definition) is 1. The van der Waals surface area contributed by atoms with Gasteiger partial charge in [0.15, 0.2) is 0 Å². The Labute approximate surface area is 110 Å². The summed E-state index contributed by atoms with van der Waals surface area (Å²) in [5.74, 6) is 0.608. The van der Waals surface area contributed by atoms with Gasteiger partial charge in [0, 0.05) is 12.1 Å². The summed E-state index contributed by atoms with van der Waals surface area (Å²) in [4.78, 5) is 10.7. The summed E-state index contributed by atoms with van der Waals surface area (Å²) in [5, 5.41) is 14.3. The third-order valence-corrected chi connectivity index (χ3v) is 3.85. The Hall–Kier alpha value is -1.82. The van der Waals surface area contributed by atoms with Gasteiger partial charge in [-0.3, -0.25) is 10.1 Å². The van der Waals surface area contributed by atoms with Gasteiger partial charge < -0.3 is 14.8 Å². The van der Waals surface area contributed by atoms with Gasteiger partial charge in [0.2, 0.25) is 0 Å². The van der Waals surface area contributed by atoms with Crippen LogP contribution in [0, 0.1) is 10.1 Å². The number of ether oxygens (including phenoxy) is 2. The molecule has 0 saturated carbocycles. The van der Waals surface area contributed by atoms with E-state index in [9.17, 15) is 10.1 Å². The molecule has 3 rings (SSSR count). The lowest BCUT2D eigenvalue weighted by molar-refractivity contribution is -0.384. The van der Waals surface area contributed by atoms with Crippen LogP contribution in [0.2, 0.25) is 0 Å². The van der Waals surface area contributed by atoms with E-state index in [1.165, 1.54) is 6.07 Å². The van der Waals surface area contributed by atoms with Gasteiger partial charge in [-0.1, -0.05) is 0 Å². The van der Waals surface area contributed by atoms with Gasteiger partial charge in [-0.15, -0.1) is 0 Å². The number of hydrogen-bond acceptors (Lipinski definition) is 5. The first-order valence-corrected chi connectivity index (χ1v) is 6.42. The first kappa shape index (κ1) is 12.2. The minimum absolute atomic E-state index is 0.0728. The van der Waals surface area contributed by atoms with Crippen molar-refractivity contribution in [2.45, 2.75) is 37.5 Å². The minimum Gasteiger partial charge on any atom is -0.497 e.